The summed E-state index contributed by atoms with van der Waals surface area (Å²) in [6, 6.07) is 5.95. The number of ether oxygens (including phenoxy) is 1. The molecule has 0 bridgehead atoms. The van der Waals surface area contributed by atoms with Gasteiger partial charge in [-0.25, -0.2) is 9.97 Å². The van der Waals surface area contributed by atoms with Crippen molar-refractivity contribution >= 4 is 11.3 Å². The molecule has 1 aromatic carbocycles. The average molecular weight is 343 g/mol. The van der Waals surface area contributed by atoms with E-state index >= 15 is 0 Å². The lowest BCUT2D eigenvalue weighted by Gasteiger charge is -2.13. The monoisotopic (exact) mass is 343 g/mol. The molecule has 0 N–H and O–H groups in total. The van der Waals surface area contributed by atoms with Crippen molar-refractivity contribution < 1.29 is 9.15 Å². The highest BCUT2D eigenvalue weighted by molar-refractivity contribution is 7.09. The Morgan fingerprint density at radius 3 is 2.75 bits per heavy atom. The van der Waals surface area contributed by atoms with Gasteiger partial charge in [0.25, 0.3) is 0 Å². The van der Waals surface area contributed by atoms with E-state index in [4.69, 9.17) is 9.15 Å². The van der Waals surface area contributed by atoms with Crippen LogP contribution in [-0.2, 0) is 13.1 Å². The molecule has 3 rings (SSSR count). The van der Waals surface area contributed by atoms with Gasteiger partial charge in [-0.05, 0) is 44.7 Å². The molecule has 0 saturated carbocycles. The first-order valence-corrected chi connectivity index (χ1v) is 8.63. The van der Waals surface area contributed by atoms with Crippen LogP contribution in [0, 0.1) is 13.8 Å². The van der Waals surface area contributed by atoms with Gasteiger partial charge in [0.15, 0.2) is 0 Å². The number of aromatic nitrogens is 2. The number of aryl methyl sites for hydroxylation is 2. The SMILES string of the molecule is COc1ccc(-c2nc(CN(C)Cc3nccs3)c(C)o2)cc1C. The molecule has 0 spiro atoms. The quantitative estimate of drug-likeness (QED) is 0.676. The summed E-state index contributed by atoms with van der Waals surface area (Å²) in [6.07, 6.45) is 1.83. The summed E-state index contributed by atoms with van der Waals surface area (Å²) in [7, 11) is 3.74. The molecule has 0 fully saturated rings. The lowest BCUT2D eigenvalue weighted by atomic mass is 10.1. The van der Waals surface area contributed by atoms with Crippen molar-refractivity contribution in [1.82, 2.24) is 14.9 Å². The summed E-state index contributed by atoms with van der Waals surface area (Å²) in [5.41, 5.74) is 2.98. The van der Waals surface area contributed by atoms with Crippen molar-refractivity contribution in [2.45, 2.75) is 26.9 Å². The van der Waals surface area contributed by atoms with Gasteiger partial charge in [0.1, 0.15) is 16.5 Å². The zero-order chi connectivity index (χ0) is 17.1. The fourth-order valence-electron chi connectivity index (χ4n) is 2.58. The number of hydrogen-bond acceptors (Lipinski definition) is 6. The molecule has 0 radical (unpaired) electrons. The Labute approximate surface area is 145 Å². The van der Waals surface area contributed by atoms with Crippen molar-refractivity contribution in [3.05, 3.63) is 51.8 Å². The van der Waals surface area contributed by atoms with E-state index < -0.39 is 0 Å². The lowest BCUT2D eigenvalue weighted by molar-refractivity contribution is 0.313. The Morgan fingerprint density at radius 2 is 2.08 bits per heavy atom. The van der Waals surface area contributed by atoms with Gasteiger partial charge in [-0.1, -0.05) is 0 Å². The molecule has 0 amide bonds. The molecule has 6 heteroatoms. The van der Waals surface area contributed by atoms with Crippen LogP contribution in [-0.4, -0.2) is 29.0 Å². The van der Waals surface area contributed by atoms with E-state index in [0.29, 0.717) is 5.89 Å². The summed E-state index contributed by atoms with van der Waals surface area (Å²) in [5, 5.41) is 3.10. The van der Waals surface area contributed by atoms with Crippen LogP contribution in [0.3, 0.4) is 0 Å². The third kappa shape index (κ3) is 3.66. The van der Waals surface area contributed by atoms with Crippen LogP contribution in [0.1, 0.15) is 22.0 Å². The summed E-state index contributed by atoms with van der Waals surface area (Å²) in [6.45, 7) is 5.51. The van der Waals surface area contributed by atoms with Gasteiger partial charge < -0.3 is 9.15 Å². The maximum atomic E-state index is 5.87. The zero-order valence-electron chi connectivity index (χ0n) is 14.4. The lowest BCUT2D eigenvalue weighted by Crippen LogP contribution is -2.17. The van der Waals surface area contributed by atoms with Gasteiger partial charge in [-0.3, -0.25) is 4.90 Å². The van der Waals surface area contributed by atoms with Gasteiger partial charge in [-0.15, -0.1) is 11.3 Å². The highest BCUT2D eigenvalue weighted by Gasteiger charge is 2.14. The second kappa shape index (κ2) is 7.15. The molecule has 0 aliphatic heterocycles. The molecule has 0 atom stereocenters. The maximum Gasteiger partial charge on any atom is 0.226 e. The van der Waals surface area contributed by atoms with Gasteiger partial charge in [0.2, 0.25) is 5.89 Å². The van der Waals surface area contributed by atoms with Crippen LogP contribution in [0.4, 0.5) is 0 Å². The average Bonchev–Trinajstić information content (AvgIpc) is 3.18. The van der Waals surface area contributed by atoms with Crippen molar-refractivity contribution in [2.75, 3.05) is 14.2 Å². The van der Waals surface area contributed by atoms with Crippen molar-refractivity contribution in [1.29, 1.82) is 0 Å². The highest BCUT2D eigenvalue weighted by Crippen LogP contribution is 2.27. The molecule has 126 valence electrons. The van der Waals surface area contributed by atoms with Crippen molar-refractivity contribution in [3.63, 3.8) is 0 Å². The van der Waals surface area contributed by atoms with Gasteiger partial charge >= 0.3 is 0 Å². The first-order chi connectivity index (χ1) is 11.6. The maximum absolute atomic E-state index is 5.87. The molecule has 0 aliphatic rings. The molecule has 24 heavy (non-hydrogen) atoms. The summed E-state index contributed by atoms with van der Waals surface area (Å²) in [4.78, 5) is 11.2. The fraction of sp³-hybridized carbons (Fsp3) is 0.333. The second-order valence-electron chi connectivity index (χ2n) is 5.80. The van der Waals surface area contributed by atoms with E-state index in [9.17, 15) is 0 Å². The number of rotatable bonds is 6. The van der Waals surface area contributed by atoms with E-state index in [1.807, 2.05) is 43.6 Å². The molecule has 2 aromatic heterocycles. The Bertz CT molecular complexity index is 812. The first-order valence-electron chi connectivity index (χ1n) is 7.75. The summed E-state index contributed by atoms with van der Waals surface area (Å²) >= 11 is 1.66. The van der Waals surface area contributed by atoms with Crippen molar-refractivity contribution in [2.24, 2.45) is 0 Å². The number of benzene rings is 1. The highest BCUT2D eigenvalue weighted by atomic mass is 32.1. The van der Waals surface area contributed by atoms with Crippen LogP contribution in [0.2, 0.25) is 0 Å². The predicted octanol–water partition coefficient (Wildman–Crippen LogP) is 4.06. The summed E-state index contributed by atoms with van der Waals surface area (Å²) < 4.78 is 11.2. The fourth-order valence-corrected chi connectivity index (χ4v) is 3.28. The van der Waals surface area contributed by atoms with E-state index in [0.717, 1.165) is 46.4 Å². The number of thiazole rings is 1. The van der Waals surface area contributed by atoms with Crippen LogP contribution < -0.4 is 4.74 Å². The molecular weight excluding hydrogens is 322 g/mol. The standard InChI is InChI=1S/C18H21N3O2S/c1-12-9-14(5-6-16(12)22-4)18-20-15(13(2)23-18)10-21(3)11-17-19-7-8-24-17/h5-9H,10-11H2,1-4H3. The largest absolute Gasteiger partial charge is 0.496 e. The van der Waals surface area contributed by atoms with Crippen LogP contribution in [0.5, 0.6) is 5.75 Å². The number of nitrogens with zero attached hydrogens (tertiary/aromatic N) is 3. The summed E-state index contributed by atoms with van der Waals surface area (Å²) in [5.74, 6) is 2.37. The Hall–Kier alpha value is -2.18. The van der Waals surface area contributed by atoms with Crippen LogP contribution in [0.15, 0.2) is 34.2 Å². The Morgan fingerprint density at radius 1 is 1.25 bits per heavy atom. The molecule has 0 unspecified atom stereocenters. The molecule has 5 nitrogen and oxygen atoms in total. The Kier molecular flexibility index (Phi) is 4.97. The van der Waals surface area contributed by atoms with Gasteiger partial charge in [-0.2, -0.15) is 0 Å². The van der Waals surface area contributed by atoms with E-state index in [2.05, 4.69) is 21.9 Å². The molecule has 3 aromatic rings. The molecular formula is C18H21N3O2S. The van der Waals surface area contributed by atoms with E-state index in [1.54, 1.807) is 18.4 Å². The zero-order valence-corrected chi connectivity index (χ0v) is 15.2. The second-order valence-corrected chi connectivity index (χ2v) is 6.78. The normalized spacial score (nSPS) is 11.2. The molecule has 2 heterocycles. The Balaban J connectivity index is 1.76. The predicted molar refractivity (Wildman–Crippen MR) is 95.3 cm³/mol. The minimum absolute atomic E-state index is 0.649. The van der Waals surface area contributed by atoms with E-state index in [1.165, 1.54) is 0 Å². The van der Waals surface area contributed by atoms with Crippen molar-refractivity contribution in [3.8, 4) is 17.2 Å². The first kappa shape index (κ1) is 16.7. The molecule has 0 aliphatic carbocycles. The number of methoxy groups -OCH3 is 1. The van der Waals surface area contributed by atoms with Crippen LogP contribution >= 0.6 is 11.3 Å². The smallest absolute Gasteiger partial charge is 0.226 e. The third-order valence-corrected chi connectivity index (χ3v) is 4.61. The minimum atomic E-state index is 0.649. The number of oxazole rings is 1. The van der Waals surface area contributed by atoms with Gasteiger partial charge in [0, 0.05) is 23.7 Å². The van der Waals surface area contributed by atoms with Crippen LogP contribution in [0.25, 0.3) is 11.5 Å². The topological polar surface area (TPSA) is 51.4 Å². The van der Waals surface area contributed by atoms with Gasteiger partial charge in [0.05, 0.1) is 19.3 Å². The number of hydrogen-bond donors (Lipinski definition) is 0. The molecule has 0 saturated heterocycles. The van der Waals surface area contributed by atoms with E-state index in [-0.39, 0.29) is 0 Å². The third-order valence-electron chi connectivity index (χ3n) is 3.84. The minimum Gasteiger partial charge on any atom is -0.496 e.